The van der Waals surface area contributed by atoms with Gasteiger partial charge in [0.05, 0.1) is 21.7 Å². The number of alkyl halides is 3. The van der Waals surface area contributed by atoms with Crippen LogP contribution in [0.15, 0.2) is 53.4 Å². The lowest BCUT2D eigenvalue weighted by Gasteiger charge is -2.21. The van der Waals surface area contributed by atoms with Gasteiger partial charge in [-0.1, -0.05) is 81.4 Å². The van der Waals surface area contributed by atoms with Crippen LogP contribution in [0.1, 0.15) is 50.7 Å². The highest BCUT2D eigenvalue weighted by atomic mass is 32.2. The molecular formula is C28H28F3N3O3S2. The highest BCUT2D eigenvalue weighted by molar-refractivity contribution is 8.26. The van der Waals surface area contributed by atoms with E-state index in [2.05, 4.69) is 19.2 Å². The van der Waals surface area contributed by atoms with E-state index in [1.54, 1.807) is 29.2 Å². The molecule has 4 rings (SSSR count). The molecule has 0 aromatic heterocycles. The van der Waals surface area contributed by atoms with E-state index in [9.17, 15) is 27.6 Å². The Bertz CT molecular complexity index is 1340. The number of halogens is 3. The Morgan fingerprint density at radius 2 is 1.79 bits per heavy atom. The minimum atomic E-state index is -4.56. The first-order valence-corrected chi connectivity index (χ1v) is 13.9. The molecule has 2 aromatic rings. The third-order valence-electron chi connectivity index (χ3n) is 6.76. The molecule has 3 amide bonds. The number of anilines is 2. The van der Waals surface area contributed by atoms with Crippen molar-refractivity contribution in [3.05, 3.63) is 64.6 Å². The number of unbranched alkanes of at least 4 members (excludes halogenated alkanes) is 1. The topological polar surface area (TPSA) is 69.7 Å². The SMILES string of the molecule is CCCC[C@@H](CC)CN1C(=O)/C(=C2/C(=O)N(CC(=O)Nc3cccc(C(F)(F)F)c3)c3ccccc32)SC1=S. The van der Waals surface area contributed by atoms with Crippen molar-refractivity contribution in [3.8, 4) is 0 Å². The largest absolute Gasteiger partial charge is 0.416 e. The van der Waals surface area contributed by atoms with Gasteiger partial charge in [0.2, 0.25) is 5.91 Å². The molecular weight excluding hydrogens is 547 g/mol. The van der Waals surface area contributed by atoms with Gasteiger partial charge >= 0.3 is 6.18 Å². The number of carbonyl (C=O) groups excluding carboxylic acids is 3. The Kier molecular flexibility index (Phi) is 8.80. The van der Waals surface area contributed by atoms with Gasteiger partial charge in [0.15, 0.2) is 0 Å². The van der Waals surface area contributed by atoms with Gasteiger partial charge in [-0.15, -0.1) is 0 Å². The first kappa shape index (κ1) is 28.8. The molecule has 2 aromatic carbocycles. The summed E-state index contributed by atoms with van der Waals surface area (Å²) in [5.41, 5.74) is 0.194. The Morgan fingerprint density at radius 1 is 1.05 bits per heavy atom. The molecule has 0 unspecified atom stereocenters. The summed E-state index contributed by atoms with van der Waals surface area (Å²) in [5, 5.41) is 2.43. The predicted octanol–water partition coefficient (Wildman–Crippen LogP) is 6.48. The summed E-state index contributed by atoms with van der Waals surface area (Å²) in [5.74, 6) is -1.24. The zero-order valence-electron chi connectivity index (χ0n) is 21.5. The van der Waals surface area contributed by atoms with Crippen LogP contribution in [-0.4, -0.2) is 40.0 Å². The first-order valence-electron chi connectivity index (χ1n) is 12.7. The zero-order chi connectivity index (χ0) is 28.3. The lowest BCUT2D eigenvalue weighted by atomic mass is 9.98. The fourth-order valence-corrected chi connectivity index (χ4v) is 6.00. The molecule has 0 aliphatic carbocycles. The average molecular weight is 576 g/mol. The molecule has 39 heavy (non-hydrogen) atoms. The number of hydrogen-bond acceptors (Lipinski definition) is 5. The molecule has 6 nitrogen and oxygen atoms in total. The van der Waals surface area contributed by atoms with Crippen LogP contribution >= 0.6 is 24.0 Å². The van der Waals surface area contributed by atoms with Crippen LogP contribution in [0.4, 0.5) is 24.5 Å². The minimum Gasteiger partial charge on any atom is -0.325 e. The van der Waals surface area contributed by atoms with Crippen LogP contribution in [0.2, 0.25) is 0 Å². The lowest BCUT2D eigenvalue weighted by Crippen LogP contribution is -2.36. The number of rotatable bonds is 9. The van der Waals surface area contributed by atoms with Crippen LogP contribution in [0.5, 0.6) is 0 Å². The number of thioether (sulfide) groups is 1. The standard InChI is InChI=1S/C28H28F3N3O3S2/c1-3-5-9-17(4-2)15-34-26(37)24(39-27(34)38)23-20-12-6-7-13-21(20)33(25(23)36)16-22(35)32-19-11-8-10-18(14-19)28(29,30)31/h6-8,10-14,17H,3-5,9,15-16H2,1-2H3,(H,32,35)/b24-23-/t17-/m1/s1. The molecule has 0 saturated carbocycles. The molecule has 11 heteroatoms. The van der Waals surface area contributed by atoms with Gasteiger partial charge < -0.3 is 5.32 Å². The van der Waals surface area contributed by atoms with Gasteiger partial charge in [-0.05, 0) is 36.6 Å². The van der Waals surface area contributed by atoms with Gasteiger partial charge in [0.25, 0.3) is 11.8 Å². The second-order valence-corrected chi connectivity index (χ2v) is 11.1. The second kappa shape index (κ2) is 11.9. The van der Waals surface area contributed by atoms with E-state index >= 15 is 0 Å². The quantitative estimate of drug-likeness (QED) is 0.274. The van der Waals surface area contributed by atoms with E-state index < -0.39 is 30.1 Å². The summed E-state index contributed by atoms with van der Waals surface area (Å²) in [7, 11) is 0. The summed E-state index contributed by atoms with van der Waals surface area (Å²) < 4.78 is 39.6. The van der Waals surface area contributed by atoms with E-state index in [0.717, 1.165) is 49.6 Å². The highest BCUT2D eigenvalue weighted by Gasteiger charge is 2.42. The number of fused-ring (bicyclic) bond motifs is 1. The zero-order valence-corrected chi connectivity index (χ0v) is 23.1. The number of thiocarbonyl (C=S) groups is 1. The lowest BCUT2D eigenvalue weighted by molar-refractivity contribution is -0.137. The summed E-state index contributed by atoms with van der Waals surface area (Å²) in [6.45, 7) is 4.24. The predicted molar refractivity (Wildman–Crippen MR) is 151 cm³/mol. The van der Waals surface area contributed by atoms with Gasteiger partial charge in [-0.2, -0.15) is 13.2 Å². The maximum atomic E-state index is 13.6. The van der Waals surface area contributed by atoms with Crippen LogP contribution in [0, 0.1) is 5.92 Å². The minimum absolute atomic E-state index is 0.0376. The van der Waals surface area contributed by atoms with Crippen molar-refractivity contribution in [2.75, 3.05) is 23.3 Å². The molecule has 0 spiro atoms. The smallest absolute Gasteiger partial charge is 0.325 e. The number of amides is 3. The monoisotopic (exact) mass is 575 g/mol. The third-order valence-corrected chi connectivity index (χ3v) is 8.21. The molecule has 2 aliphatic rings. The Hall–Kier alpha value is -3.18. The maximum absolute atomic E-state index is 13.6. The van der Waals surface area contributed by atoms with Crippen LogP contribution in [-0.2, 0) is 20.6 Å². The van der Waals surface area contributed by atoms with Gasteiger partial charge in [-0.25, -0.2) is 0 Å². The van der Waals surface area contributed by atoms with Crippen molar-refractivity contribution in [1.29, 1.82) is 0 Å². The summed E-state index contributed by atoms with van der Waals surface area (Å²) in [6.07, 6.45) is -0.566. The number of benzene rings is 2. The molecule has 2 aliphatic heterocycles. The number of nitrogens with one attached hydrogen (secondary N) is 1. The van der Waals surface area contributed by atoms with E-state index in [1.807, 2.05) is 0 Å². The van der Waals surface area contributed by atoms with Crippen molar-refractivity contribution in [3.63, 3.8) is 0 Å². The molecule has 1 saturated heterocycles. The van der Waals surface area contributed by atoms with Crippen LogP contribution in [0.25, 0.3) is 5.57 Å². The van der Waals surface area contributed by atoms with E-state index in [0.29, 0.717) is 28.0 Å². The first-order chi connectivity index (χ1) is 18.5. The Balaban J connectivity index is 1.57. The molecule has 0 bridgehead atoms. The van der Waals surface area contributed by atoms with E-state index in [-0.39, 0.29) is 22.1 Å². The molecule has 0 radical (unpaired) electrons. The number of para-hydroxylation sites is 1. The van der Waals surface area contributed by atoms with Crippen molar-refractivity contribution >= 4 is 63.0 Å². The van der Waals surface area contributed by atoms with Crippen LogP contribution in [0.3, 0.4) is 0 Å². The Morgan fingerprint density at radius 3 is 2.49 bits per heavy atom. The van der Waals surface area contributed by atoms with Gasteiger partial charge in [0, 0.05) is 17.8 Å². The van der Waals surface area contributed by atoms with E-state index in [4.69, 9.17) is 12.2 Å². The van der Waals surface area contributed by atoms with Gasteiger partial charge in [0.1, 0.15) is 10.9 Å². The Labute approximate surface area is 234 Å². The molecule has 206 valence electrons. The maximum Gasteiger partial charge on any atom is 0.416 e. The fourth-order valence-electron chi connectivity index (χ4n) is 4.66. The van der Waals surface area contributed by atoms with E-state index in [1.165, 1.54) is 17.0 Å². The van der Waals surface area contributed by atoms with Crippen molar-refractivity contribution < 1.29 is 27.6 Å². The number of nitrogens with zero attached hydrogens (tertiary/aromatic N) is 2. The van der Waals surface area contributed by atoms with Gasteiger partial charge in [-0.3, -0.25) is 24.2 Å². The highest BCUT2D eigenvalue weighted by Crippen LogP contribution is 2.44. The molecule has 1 N–H and O–H groups in total. The summed E-state index contributed by atoms with van der Waals surface area (Å²) in [4.78, 5) is 42.9. The number of hydrogen-bond donors (Lipinski definition) is 1. The average Bonchev–Trinajstić information content (AvgIpc) is 3.32. The molecule has 2 heterocycles. The third kappa shape index (κ3) is 6.19. The van der Waals surface area contributed by atoms with Crippen molar-refractivity contribution in [2.24, 2.45) is 5.92 Å². The summed E-state index contributed by atoms with van der Waals surface area (Å²) >= 11 is 6.60. The molecule has 1 atom stereocenters. The van der Waals surface area contributed by atoms with Crippen molar-refractivity contribution in [1.82, 2.24) is 4.90 Å². The fraction of sp³-hybridized carbons (Fsp3) is 0.357. The van der Waals surface area contributed by atoms with Crippen molar-refractivity contribution in [2.45, 2.75) is 45.7 Å². The molecule has 1 fully saturated rings. The summed E-state index contributed by atoms with van der Waals surface area (Å²) in [6, 6.07) is 11.1. The number of carbonyl (C=O) groups is 3. The second-order valence-electron chi connectivity index (χ2n) is 9.44. The normalized spacial score (nSPS) is 18.1. The van der Waals surface area contributed by atoms with Crippen LogP contribution < -0.4 is 10.2 Å².